The number of hydrogen-bond donors (Lipinski definition) is 1. The van der Waals surface area contributed by atoms with E-state index in [1.54, 1.807) is 12.1 Å². The quantitative estimate of drug-likeness (QED) is 0.850. The number of carbonyl (C=O) groups excluding carboxylic acids is 1. The maximum atomic E-state index is 13.0. The second kappa shape index (κ2) is 8.16. The van der Waals surface area contributed by atoms with Gasteiger partial charge in [0.15, 0.2) is 0 Å². The van der Waals surface area contributed by atoms with Gasteiger partial charge in [-0.05, 0) is 49.0 Å². The third-order valence-corrected chi connectivity index (χ3v) is 6.51. The first-order valence-electron chi connectivity index (χ1n) is 8.79. The number of amides is 1. The van der Waals surface area contributed by atoms with Gasteiger partial charge >= 0.3 is 0 Å². The summed E-state index contributed by atoms with van der Waals surface area (Å²) in [6.45, 7) is 5.20. The Kier molecular flexibility index (Phi) is 5.88. The van der Waals surface area contributed by atoms with Crippen molar-refractivity contribution in [3.05, 3.63) is 59.9 Å². The van der Waals surface area contributed by atoms with Crippen LogP contribution in [0.4, 0.5) is 10.1 Å². The highest BCUT2D eigenvalue weighted by Crippen LogP contribution is 2.20. The van der Waals surface area contributed by atoms with Gasteiger partial charge in [-0.2, -0.15) is 4.31 Å². The highest BCUT2D eigenvalue weighted by Gasteiger charge is 2.28. The van der Waals surface area contributed by atoms with Crippen LogP contribution in [0, 0.1) is 5.82 Å². The van der Waals surface area contributed by atoms with Crippen LogP contribution in [0.1, 0.15) is 17.3 Å². The summed E-state index contributed by atoms with van der Waals surface area (Å²) in [5, 5.41) is 2.64. The fraction of sp³-hybridized carbons (Fsp3) is 0.316. The van der Waals surface area contributed by atoms with E-state index in [4.69, 9.17) is 0 Å². The molecule has 6 nitrogen and oxygen atoms in total. The molecule has 1 fully saturated rings. The Morgan fingerprint density at radius 1 is 1.07 bits per heavy atom. The van der Waals surface area contributed by atoms with Crippen LogP contribution in [0.15, 0.2) is 53.4 Å². The Hall–Kier alpha value is -2.29. The second-order valence-electron chi connectivity index (χ2n) is 6.33. The lowest BCUT2D eigenvalue weighted by Crippen LogP contribution is -2.48. The fourth-order valence-corrected chi connectivity index (χ4v) is 4.44. The third kappa shape index (κ3) is 4.52. The van der Waals surface area contributed by atoms with Crippen molar-refractivity contribution < 1.29 is 17.6 Å². The van der Waals surface area contributed by atoms with Crippen LogP contribution in [0.25, 0.3) is 0 Å². The molecule has 27 heavy (non-hydrogen) atoms. The molecule has 144 valence electrons. The molecule has 0 radical (unpaired) electrons. The molecular weight excluding hydrogens is 369 g/mol. The predicted molar refractivity (Wildman–Crippen MR) is 102 cm³/mol. The highest BCUT2D eigenvalue weighted by atomic mass is 32.2. The molecule has 0 saturated carbocycles. The molecule has 1 aliphatic rings. The predicted octanol–water partition coefficient (Wildman–Crippen LogP) is 2.40. The van der Waals surface area contributed by atoms with Crippen molar-refractivity contribution in [2.45, 2.75) is 11.8 Å². The molecule has 1 heterocycles. The Morgan fingerprint density at radius 3 is 2.37 bits per heavy atom. The summed E-state index contributed by atoms with van der Waals surface area (Å²) in [4.78, 5) is 14.7. The van der Waals surface area contributed by atoms with Crippen LogP contribution in [-0.4, -0.2) is 56.3 Å². The summed E-state index contributed by atoms with van der Waals surface area (Å²) in [6.07, 6.45) is 0. The molecule has 0 aliphatic carbocycles. The van der Waals surface area contributed by atoms with E-state index in [0.717, 1.165) is 6.54 Å². The number of halogens is 1. The number of anilines is 1. The van der Waals surface area contributed by atoms with E-state index in [0.29, 0.717) is 31.9 Å². The van der Waals surface area contributed by atoms with Crippen LogP contribution in [0.2, 0.25) is 0 Å². The number of benzene rings is 2. The number of likely N-dealkylation sites (N-methyl/N-ethyl adjacent to an activating group) is 1. The lowest BCUT2D eigenvalue weighted by Gasteiger charge is -2.33. The molecule has 0 atom stereocenters. The zero-order valence-electron chi connectivity index (χ0n) is 15.1. The first kappa shape index (κ1) is 19.5. The van der Waals surface area contributed by atoms with Gasteiger partial charge in [-0.25, -0.2) is 12.8 Å². The molecular formula is C19H22FN3O3S. The molecule has 1 saturated heterocycles. The fourth-order valence-electron chi connectivity index (χ4n) is 2.97. The monoisotopic (exact) mass is 391 g/mol. The maximum Gasteiger partial charge on any atom is 0.255 e. The van der Waals surface area contributed by atoms with Crippen molar-refractivity contribution >= 4 is 21.6 Å². The lowest BCUT2D eigenvalue weighted by atomic mass is 10.2. The number of nitrogens with one attached hydrogen (secondary N) is 1. The molecule has 3 rings (SSSR count). The molecule has 1 N–H and O–H groups in total. The summed E-state index contributed by atoms with van der Waals surface area (Å²) in [6, 6.07) is 11.3. The van der Waals surface area contributed by atoms with E-state index in [-0.39, 0.29) is 10.5 Å². The molecule has 1 aliphatic heterocycles. The van der Waals surface area contributed by atoms with Gasteiger partial charge in [0.05, 0.1) is 4.90 Å². The summed E-state index contributed by atoms with van der Waals surface area (Å²) >= 11 is 0. The standard InChI is InChI=1S/C19H22FN3O3S/c1-2-22-10-12-23(13-11-22)27(25,26)18-5-3-4-15(14-18)19(24)21-17-8-6-16(20)7-9-17/h3-9,14H,2,10-13H2,1H3,(H,21,24). The van der Waals surface area contributed by atoms with E-state index in [9.17, 15) is 17.6 Å². The number of carbonyl (C=O) groups is 1. The van der Waals surface area contributed by atoms with E-state index >= 15 is 0 Å². The lowest BCUT2D eigenvalue weighted by molar-refractivity contribution is 0.102. The zero-order valence-corrected chi connectivity index (χ0v) is 15.9. The molecule has 0 spiro atoms. The van der Waals surface area contributed by atoms with Gasteiger partial charge in [-0.15, -0.1) is 0 Å². The Morgan fingerprint density at radius 2 is 1.74 bits per heavy atom. The Labute approximate surface area is 158 Å². The van der Waals surface area contributed by atoms with Crippen molar-refractivity contribution in [2.24, 2.45) is 0 Å². The second-order valence-corrected chi connectivity index (χ2v) is 8.27. The Bertz CT molecular complexity index is 908. The molecule has 2 aromatic rings. The zero-order chi connectivity index (χ0) is 19.4. The van der Waals surface area contributed by atoms with Gasteiger partial charge in [0.25, 0.3) is 5.91 Å². The van der Waals surface area contributed by atoms with Crippen molar-refractivity contribution in [3.63, 3.8) is 0 Å². The van der Waals surface area contributed by atoms with E-state index in [1.807, 2.05) is 6.92 Å². The van der Waals surface area contributed by atoms with Gasteiger partial charge in [-0.1, -0.05) is 13.0 Å². The first-order valence-corrected chi connectivity index (χ1v) is 10.2. The van der Waals surface area contributed by atoms with E-state index < -0.39 is 21.7 Å². The van der Waals surface area contributed by atoms with Gasteiger partial charge in [0.1, 0.15) is 5.82 Å². The SMILES string of the molecule is CCN1CCN(S(=O)(=O)c2cccc(C(=O)Nc3ccc(F)cc3)c2)CC1. The summed E-state index contributed by atoms with van der Waals surface area (Å²) in [5.74, 6) is -0.848. The van der Waals surface area contributed by atoms with Crippen molar-refractivity contribution in [2.75, 3.05) is 38.0 Å². The number of sulfonamides is 1. The Balaban J connectivity index is 1.76. The molecule has 0 unspecified atom stereocenters. The smallest absolute Gasteiger partial charge is 0.255 e. The van der Waals surface area contributed by atoms with E-state index in [1.165, 1.54) is 40.7 Å². The first-order chi connectivity index (χ1) is 12.9. The van der Waals surface area contributed by atoms with E-state index in [2.05, 4.69) is 10.2 Å². The van der Waals surface area contributed by atoms with Crippen LogP contribution in [-0.2, 0) is 10.0 Å². The minimum Gasteiger partial charge on any atom is -0.322 e. The number of piperazine rings is 1. The molecule has 1 amide bonds. The average Bonchev–Trinajstić information content (AvgIpc) is 2.70. The largest absolute Gasteiger partial charge is 0.322 e. The summed E-state index contributed by atoms with van der Waals surface area (Å²) < 4.78 is 40.2. The summed E-state index contributed by atoms with van der Waals surface area (Å²) in [7, 11) is -3.65. The van der Waals surface area contributed by atoms with Crippen LogP contribution in [0.3, 0.4) is 0 Å². The number of rotatable bonds is 5. The average molecular weight is 391 g/mol. The van der Waals surface area contributed by atoms with Gasteiger partial charge < -0.3 is 10.2 Å². The van der Waals surface area contributed by atoms with Gasteiger partial charge in [-0.3, -0.25) is 4.79 Å². The number of nitrogens with zero attached hydrogens (tertiary/aromatic N) is 2. The van der Waals surface area contributed by atoms with Crippen LogP contribution < -0.4 is 5.32 Å². The van der Waals surface area contributed by atoms with Crippen molar-refractivity contribution in [3.8, 4) is 0 Å². The van der Waals surface area contributed by atoms with Crippen molar-refractivity contribution in [1.29, 1.82) is 0 Å². The molecule has 8 heteroatoms. The minimum atomic E-state index is -3.65. The number of hydrogen-bond acceptors (Lipinski definition) is 4. The van der Waals surface area contributed by atoms with Crippen molar-refractivity contribution in [1.82, 2.24) is 9.21 Å². The minimum absolute atomic E-state index is 0.0965. The highest BCUT2D eigenvalue weighted by molar-refractivity contribution is 7.89. The molecule has 0 bridgehead atoms. The summed E-state index contributed by atoms with van der Waals surface area (Å²) in [5.41, 5.74) is 0.665. The normalized spacial score (nSPS) is 16.2. The van der Waals surface area contributed by atoms with Gasteiger partial charge in [0, 0.05) is 37.4 Å². The van der Waals surface area contributed by atoms with Crippen LogP contribution in [0.5, 0.6) is 0 Å². The molecule has 2 aromatic carbocycles. The van der Waals surface area contributed by atoms with Gasteiger partial charge in [0.2, 0.25) is 10.0 Å². The topological polar surface area (TPSA) is 69.7 Å². The van der Waals surface area contributed by atoms with Crippen LogP contribution >= 0.6 is 0 Å². The molecule has 0 aromatic heterocycles. The third-order valence-electron chi connectivity index (χ3n) is 4.61. The maximum absolute atomic E-state index is 13.0.